The molecule has 0 amide bonds. The Morgan fingerprint density at radius 2 is 1.93 bits per heavy atom. The highest BCUT2D eigenvalue weighted by Gasteiger charge is 2.50. The van der Waals surface area contributed by atoms with E-state index in [0.29, 0.717) is 12.0 Å². The number of rotatable bonds is 1. The zero-order valence-electron chi connectivity index (χ0n) is 10.1. The van der Waals surface area contributed by atoms with Gasteiger partial charge in [0.05, 0.1) is 6.61 Å². The highest BCUT2D eigenvalue weighted by molar-refractivity contribution is 5.05. The monoisotopic (exact) mass is 199 g/mol. The number of fused-ring (bicyclic) bond motifs is 1. The summed E-state index contributed by atoms with van der Waals surface area (Å²) in [4.78, 5) is 2.49. The Morgan fingerprint density at radius 3 is 2.43 bits per heavy atom. The lowest BCUT2D eigenvalue weighted by Gasteiger charge is -2.29. The molecule has 0 saturated carbocycles. The second kappa shape index (κ2) is 4.19. The average Bonchev–Trinajstić information content (AvgIpc) is 2.61. The predicted molar refractivity (Wildman–Crippen MR) is 60.4 cm³/mol. The molecule has 0 aromatic heterocycles. The Bertz CT molecular complexity index is 191. The number of aliphatic hydroxyl groups is 1. The van der Waals surface area contributed by atoms with Gasteiger partial charge in [-0.3, -0.25) is 4.90 Å². The molecule has 0 aromatic carbocycles. The van der Waals surface area contributed by atoms with Gasteiger partial charge in [0.2, 0.25) is 0 Å². The predicted octanol–water partition coefficient (Wildman–Crippen LogP) is 2.27. The molecule has 0 spiro atoms. The molecule has 84 valence electrons. The number of aliphatic hydroxyl groups excluding tert-OH is 1. The van der Waals surface area contributed by atoms with Crippen molar-refractivity contribution in [3.8, 4) is 0 Å². The molecule has 2 rings (SSSR count). The summed E-state index contributed by atoms with van der Waals surface area (Å²) in [5.41, 5.74) is 0.590. The van der Waals surface area contributed by atoms with E-state index in [1.807, 2.05) is 13.8 Å². The van der Waals surface area contributed by atoms with Gasteiger partial charge < -0.3 is 5.11 Å². The molecule has 2 saturated heterocycles. The van der Waals surface area contributed by atoms with Gasteiger partial charge in [-0.15, -0.1) is 0 Å². The Hall–Kier alpha value is -0.0800. The lowest BCUT2D eigenvalue weighted by atomic mass is 9.83. The Morgan fingerprint density at radius 1 is 1.29 bits per heavy atom. The van der Waals surface area contributed by atoms with Crippen molar-refractivity contribution in [1.82, 2.24) is 4.90 Å². The molecule has 2 aliphatic rings. The standard InChI is InChI=1S/C10H19NO.C2H6/c1-9(2)6-10(8-12)4-3-5-11(10)7-9;1-2/h12H,3-8H2,1-2H3;1-2H3/t10-;/m1./s1. The first-order valence-corrected chi connectivity index (χ1v) is 5.94. The van der Waals surface area contributed by atoms with Crippen LogP contribution in [0.4, 0.5) is 0 Å². The van der Waals surface area contributed by atoms with Crippen molar-refractivity contribution in [2.75, 3.05) is 19.7 Å². The van der Waals surface area contributed by atoms with Crippen LogP contribution in [-0.2, 0) is 0 Å². The number of nitrogens with zero attached hydrogens (tertiary/aromatic N) is 1. The summed E-state index contributed by atoms with van der Waals surface area (Å²) in [6.07, 6.45) is 3.65. The first-order valence-electron chi connectivity index (χ1n) is 5.94. The smallest absolute Gasteiger partial charge is 0.0615 e. The maximum absolute atomic E-state index is 9.42. The lowest BCUT2D eigenvalue weighted by Crippen LogP contribution is -2.41. The Balaban J connectivity index is 0.000000461. The summed E-state index contributed by atoms with van der Waals surface area (Å²) in [5, 5.41) is 9.42. The maximum atomic E-state index is 9.42. The first-order chi connectivity index (χ1) is 6.58. The third-order valence-electron chi connectivity index (χ3n) is 3.46. The molecule has 0 aliphatic carbocycles. The van der Waals surface area contributed by atoms with Crippen LogP contribution in [0.25, 0.3) is 0 Å². The van der Waals surface area contributed by atoms with Crippen molar-refractivity contribution in [3.63, 3.8) is 0 Å². The summed E-state index contributed by atoms with van der Waals surface area (Å²) < 4.78 is 0. The van der Waals surface area contributed by atoms with Crippen molar-refractivity contribution in [1.29, 1.82) is 0 Å². The minimum atomic E-state index is 0.170. The summed E-state index contributed by atoms with van der Waals surface area (Å²) in [6, 6.07) is 0. The Labute approximate surface area is 88.3 Å². The third-order valence-corrected chi connectivity index (χ3v) is 3.46. The summed E-state index contributed by atoms with van der Waals surface area (Å²) >= 11 is 0. The summed E-state index contributed by atoms with van der Waals surface area (Å²) in [7, 11) is 0. The van der Waals surface area contributed by atoms with Gasteiger partial charge in [0.1, 0.15) is 0 Å². The molecule has 2 aliphatic heterocycles. The van der Waals surface area contributed by atoms with E-state index in [-0.39, 0.29) is 5.54 Å². The molecule has 0 bridgehead atoms. The van der Waals surface area contributed by atoms with Gasteiger partial charge in [-0.25, -0.2) is 0 Å². The summed E-state index contributed by atoms with van der Waals surface area (Å²) in [5.74, 6) is 0. The minimum Gasteiger partial charge on any atom is -0.394 e. The van der Waals surface area contributed by atoms with Gasteiger partial charge in [0, 0.05) is 12.1 Å². The van der Waals surface area contributed by atoms with Crippen molar-refractivity contribution in [2.24, 2.45) is 5.41 Å². The number of hydrogen-bond acceptors (Lipinski definition) is 2. The van der Waals surface area contributed by atoms with Gasteiger partial charge in [-0.2, -0.15) is 0 Å². The van der Waals surface area contributed by atoms with E-state index in [1.165, 1.54) is 32.4 Å². The van der Waals surface area contributed by atoms with E-state index in [4.69, 9.17) is 0 Å². The SMILES string of the molecule is CC.CC1(C)CN2CCC[C@]2(CO)C1. The fraction of sp³-hybridized carbons (Fsp3) is 1.00. The molecule has 0 aromatic rings. The second-order valence-corrected chi connectivity index (χ2v) is 5.25. The maximum Gasteiger partial charge on any atom is 0.0615 e. The largest absolute Gasteiger partial charge is 0.394 e. The lowest BCUT2D eigenvalue weighted by molar-refractivity contribution is 0.0995. The van der Waals surface area contributed by atoms with Crippen LogP contribution < -0.4 is 0 Å². The molecule has 2 heteroatoms. The van der Waals surface area contributed by atoms with Gasteiger partial charge >= 0.3 is 0 Å². The highest BCUT2D eigenvalue weighted by atomic mass is 16.3. The molecule has 2 nitrogen and oxygen atoms in total. The van der Waals surface area contributed by atoms with Crippen LogP contribution in [0.1, 0.15) is 47.0 Å². The van der Waals surface area contributed by atoms with Gasteiger partial charge in [-0.05, 0) is 31.2 Å². The molecule has 2 heterocycles. The van der Waals surface area contributed by atoms with E-state index >= 15 is 0 Å². The highest BCUT2D eigenvalue weighted by Crippen LogP contribution is 2.46. The normalized spacial score (nSPS) is 34.9. The van der Waals surface area contributed by atoms with Crippen molar-refractivity contribution >= 4 is 0 Å². The topological polar surface area (TPSA) is 23.5 Å². The van der Waals surface area contributed by atoms with E-state index in [1.54, 1.807) is 0 Å². The van der Waals surface area contributed by atoms with Crippen LogP contribution in [-0.4, -0.2) is 35.2 Å². The molecule has 0 radical (unpaired) electrons. The Kier molecular flexibility index (Phi) is 3.59. The van der Waals surface area contributed by atoms with Gasteiger partial charge in [0.25, 0.3) is 0 Å². The first kappa shape index (κ1) is 12.0. The molecule has 14 heavy (non-hydrogen) atoms. The van der Waals surface area contributed by atoms with Gasteiger partial charge in [-0.1, -0.05) is 27.7 Å². The molecule has 1 N–H and O–H groups in total. The van der Waals surface area contributed by atoms with Crippen molar-refractivity contribution in [3.05, 3.63) is 0 Å². The minimum absolute atomic E-state index is 0.170. The quantitative estimate of drug-likeness (QED) is 0.700. The van der Waals surface area contributed by atoms with E-state index in [2.05, 4.69) is 18.7 Å². The van der Waals surface area contributed by atoms with E-state index in [0.717, 1.165) is 0 Å². The molecule has 1 atom stereocenters. The molecule has 2 fully saturated rings. The average molecular weight is 199 g/mol. The van der Waals surface area contributed by atoms with Crippen LogP contribution in [0, 0.1) is 5.41 Å². The van der Waals surface area contributed by atoms with E-state index in [9.17, 15) is 5.11 Å². The van der Waals surface area contributed by atoms with Crippen LogP contribution in [0.15, 0.2) is 0 Å². The summed E-state index contributed by atoms with van der Waals surface area (Å²) in [6.45, 7) is 11.3. The zero-order valence-corrected chi connectivity index (χ0v) is 10.1. The molecular formula is C12H25NO. The number of hydrogen-bond donors (Lipinski definition) is 1. The van der Waals surface area contributed by atoms with Crippen molar-refractivity contribution in [2.45, 2.75) is 52.5 Å². The molecule has 0 unspecified atom stereocenters. The van der Waals surface area contributed by atoms with Crippen LogP contribution >= 0.6 is 0 Å². The van der Waals surface area contributed by atoms with Gasteiger partial charge in [0.15, 0.2) is 0 Å². The fourth-order valence-electron chi connectivity index (χ4n) is 3.14. The van der Waals surface area contributed by atoms with Crippen molar-refractivity contribution < 1.29 is 5.11 Å². The fourth-order valence-corrected chi connectivity index (χ4v) is 3.14. The third kappa shape index (κ3) is 1.96. The zero-order chi connectivity index (χ0) is 10.8. The molecular weight excluding hydrogens is 174 g/mol. The van der Waals surface area contributed by atoms with E-state index < -0.39 is 0 Å². The van der Waals surface area contributed by atoms with Crippen LogP contribution in [0.2, 0.25) is 0 Å². The second-order valence-electron chi connectivity index (χ2n) is 5.25. The van der Waals surface area contributed by atoms with Crippen LogP contribution in [0.5, 0.6) is 0 Å². The van der Waals surface area contributed by atoms with Crippen LogP contribution in [0.3, 0.4) is 0 Å².